The molecule has 4 rings (SSSR count). The fraction of sp³-hybridized carbons (Fsp3) is 0.240. The number of amides is 1. The Morgan fingerprint density at radius 3 is 2.58 bits per heavy atom. The van der Waals surface area contributed by atoms with Gasteiger partial charge in [0.25, 0.3) is 5.91 Å². The SMILES string of the molecule is CCOc1ccc2nc(N(Cc3cccnc3)C(=O)C(C)(C)Oc3ccc(Cl)cc3)sc2c1. The fourth-order valence-electron chi connectivity index (χ4n) is 3.33. The predicted molar refractivity (Wildman–Crippen MR) is 132 cm³/mol. The maximum absolute atomic E-state index is 13.8. The third-order valence-corrected chi connectivity index (χ3v) is 6.19. The van der Waals surface area contributed by atoms with Gasteiger partial charge in [-0.2, -0.15) is 0 Å². The fourth-order valence-corrected chi connectivity index (χ4v) is 4.45. The summed E-state index contributed by atoms with van der Waals surface area (Å²) in [6, 6.07) is 16.5. The van der Waals surface area contributed by atoms with Gasteiger partial charge in [-0.05, 0) is 74.9 Å². The summed E-state index contributed by atoms with van der Waals surface area (Å²) < 4.78 is 12.6. The Bertz CT molecular complexity index is 1240. The van der Waals surface area contributed by atoms with Crippen molar-refractivity contribution >= 4 is 44.2 Å². The first kappa shape index (κ1) is 23.0. The minimum atomic E-state index is -1.15. The summed E-state index contributed by atoms with van der Waals surface area (Å²) in [5, 5.41) is 1.19. The highest BCUT2D eigenvalue weighted by molar-refractivity contribution is 7.22. The average molecular weight is 482 g/mol. The number of carbonyl (C=O) groups is 1. The quantitative estimate of drug-likeness (QED) is 0.302. The van der Waals surface area contributed by atoms with Crippen molar-refractivity contribution in [2.24, 2.45) is 0 Å². The molecule has 170 valence electrons. The number of aromatic nitrogens is 2. The minimum absolute atomic E-state index is 0.217. The number of halogens is 1. The molecule has 0 fully saturated rings. The molecule has 0 aliphatic rings. The van der Waals surface area contributed by atoms with E-state index in [1.807, 2.05) is 37.3 Å². The summed E-state index contributed by atoms with van der Waals surface area (Å²) >= 11 is 7.42. The van der Waals surface area contributed by atoms with Crippen LogP contribution in [0.2, 0.25) is 5.02 Å². The van der Waals surface area contributed by atoms with Gasteiger partial charge in [-0.3, -0.25) is 14.7 Å². The second kappa shape index (κ2) is 9.77. The van der Waals surface area contributed by atoms with Gasteiger partial charge in [0.05, 0.1) is 23.4 Å². The standard InChI is InChI=1S/C25H24ClN3O3S/c1-4-31-20-11-12-21-22(14-20)33-24(28-21)29(16-17-6-5-13-27-15-17)23(30)25(2,3)32-19-9-7-18(26)8-10-19/h5-15H,4,16H2,1-3H3. The molecule has 0 atom stereocenters. The number of ether oxygens (including phenoxy) is 2. The Morgan fingerprint density at radius 1 is 1.12 bits per heavy atom. The van der Waals surface area contributed by atoms with Crippen molar-refractivity contribution in [1.29, 1.82) is 0 Å². The van der Waals surface area contributed by atoms with Crippen molar-refractivity contribution in [3.8, 4) is 11.5 Å². The van der Waals surface area contributed by atoms with E-state index in [1.54, 1.807) is 55.4 Å². The van der Waals surface area contributed by atoms with E-state index in [0.717, 1.165) is 21.5 Å². The van der Waals surface area contributed by atoms with Crippen LogP contribution in [0.1, 0.15) is 26.3 Å². The van der Waals surface area contributed by atoms with Gasteiger partial charge in [0, 0.05) is 17.4 Å². The molecule has 8 heteroatoms. The van der Waals surface area contributed by atoms with E-state index in [-0.39, 0.29) is 5.91 Å². The van der Waals surface area contributed by atoms with E-state index in [1.165, 1.54) is 11.3 Å². The zero-order chi connectivity index (χ0) is 23.4. The number of benzene rings is 2. The number of carbonyl (C=O) groups excluding carboxylic acids is 1. The van der Waals surface area contributed by atoms with Gasteiger partial charge in [-0.25, -0.2) is 4.98 Å². The molecule has 2 aromatic carbocycles. The van der Waals surface area contributed by atoms with Crippen LogP contribution < -0.4 is 14.4 Å². The molecule has 0 saturated heterocycles. The molecule has 0 bridgehead atoms. The number of rotatable bonds is 8. The third kappa shape index (κ3) is 5.43. The van der Waals surface area contributed by atoms with E-state index in [2.05, 4.69) is 4.98 Å². The van der Waals surface area contributed by atoms with Crippen LogP contribution in [0.3, 0.4) is 0 Å². The van der Waals surface area contributed by atoms with Gasteiger partial charge >= 0.3 is 0 Å². The predicted octanol–water partition coefficient (Wildman–Crippen LogP) is 6.13. The number of thiazole rings is 1. The van der Waals surface area contributed by atoms with E-state index in [4.69, 9.17) is 26.1 Å². The molecule has 2 aromatic heterocycles. The lowest BCUT2D eigenvalue weighted by Gasteiger charge is -2.31. The molecule has 0 radical (unpaired) electrons. The zero-order valence-corrected chi connectivity index (χ0v) is 20.2. The third-order valence-electron chi connectivity index (χ3n) is 4.90. The maximum atomic E-state index is 13.8. The highest BCUT2D eigenvalue weighted by atomic mass is 35.5. The molecule has 0 aliphatic carbocycles. The first-order valence-electron chi connectivity index (χ1n) is 10.5. The summed E-state index contributed by atoms with van der Waals surface area (Å²) in [6.45, 7) is 6.35. The Morgan fingerprint density at radius 2 is 1.88 bits per heavy atom. The van der Waals surface area contributed by atoms with Crippen molar-refractivity contribution in [1.82, 2.24) is 9.97 Å². The van der Waals surface area contributed by atoms with E-state index in [0.29, 0.717) is 29.1 Å². The topological polar surface area (TPSA) is 64.5 Å². The van der Waals surface area contributed by atoms with Crippen LogP contribution in [0.4, 0.5) is 5.13 Å². The van der Waals surface area contributed by atoms with Crippen LogP contribution in [0.15, 0.2) is 67.0 Å². The van der Waals surface area contributed by atoms with Crippen LogP contribution in [0, 0.1) is 0 Å². The van der Waals surface area contributed by atoms with Crippen LogP contribution in [0.25, 0.3) is 10.2 Å². The average Bonchev–Trinajstić information content (AvgIpc) is 3.22. The van der Waals surface area contributed by atoms with Gasteiger partial charge in [0.1, 0.15) is 11.5 Å². The lowest BCUT2D eigenvalue weighted by molar-refractivity contribution is -0.131. The van der Waals surface area contributed by atoms with E-state index < -0.39 is 5.60 Å². The molecule has 4 aromatic rings. The number of fused-ring (bicyclic) bond motifs is 1. The molecule has 1 amide bonds. The largest absolute Gasteiger partial charge is 0.494 e. The number of anilines is 1. The van der Waals surface area contributed by atoms with Crippen LogP contribution in [0.5, 0.6) is 11.5 Å². The Kier molecular flexibility index (Phi) is 6.81. The highest BCUT2D eigenvalue weighted by Gasteiger charge is 2.36. The summed E-state index contributed by atoms with van der Waals surface area (Å²) in [6.07, 6.45) is 3.45. The Labute approximate surface area is 201 Å². The molecule has 0 N–H and O–H groups in total. The van der Waals surface area contributed by atoms with E-state index >= 15 is 0 Å². The molecule has 0 saturated carbocycles. The van der Waals surface area contributed by atoms with Gasteiger partial charge in [-0.15, -0.1) is 0 Å². The van der Waals surface area contributed by atoms with Crippen LogP contribution in [-0.4, -0.2) is 28.1 Å². The molecule has 0 unspecified atom stereocenters. The van der Waals surface area contributed by atoms with Crippen molar-refractivity contribution < 1.29 is 14.3 Å². The second-order valence-corrected chi connectivity index (χ2v) is 9.32. The van der Waals surface area contributed by atoms with Crippen LogP contribution >= 0.6 is 22.9 Å². The summed E-state index contributed by atoms with van der Waals surface area (Å²) in [7, 11) is 0. The molecular weight excluding hydrogens is 458 g/mol. The Hall–Kier alpha value is -3.16. The van der Waals surface area contributed by atoms with E-state index in [9.17, 15) is 4.79 Å². The van der Waals surface area contributed by atoms with Gasteiger partial charge in [0.2, 0.25) is 0 Å². The number of hydrogen-bond acceptors (Lipinski definition) is 6. The summed E-state index contributed by atoms with van der Waals surface area (Å²) in [5.41, 5.74) is 0.547. The zero-order valence-electron chi connectivity index (χ0n) is 18.6. The first-order valence-corrected chi connectivity index (χ1v) is 11.7. The smallest absolute Gasteiger partial charge is 0.272 e. The lowest BCUT2D eigenvalue weighted by Crippen LogP contribution is -2.48. The number of hydrogen-bond donors (Lipinski definition) is 0. The normalized spacial score (nSPS) is 11.4. The summed E-state index contributed by atoms with van der Waals surface area (Å²) in [4.78, 5) is 24.4. The molecular formula is C25H24ClN3O3S. The van der Waals surface area contributed by atoms with Gasteiger partial charge < -0.3 is 9.47 Å². The minimum Gasteiger partial charge on any atom is -0.494 e. The van der Waals surface area contributed by atoms with Crippen molar-refractivity contribution in [2.75, 3.05) is 11.5 Å². The van der Waals surface area contributed by atoms with Gasteiger partial charge in [-0.1, -0.05) is 29.0 Å². The van der Waals surface area contributed by atoms with Crippen molar-refractivity contribution in [2.45, 2.75) is 32.9 Å². The molecule has 2 heterocycles. The second-order valence-electron chi connectivity index (χ2n) is 7.88. The first-order chi connectivity index (χ1) is 15.9. The van der Waals surface area contributed by atoms with Crippen molar-refractivity contribution in [3.63, 3.8) is 0 Å². The molecule has 0 spiro atoms. The lowest BCUT2D eigenvalue weighted by atomic mass is 10.1. The molecule has 33 heavy (non-hydrogen) atoms. The number of pyridine rings is 1. The maximum Gasteiger partial charge on any atom is 0.272 e. The molecule has 6 nitrogen and oxygen atoms in total. The molecule has 0 aliphatic heterocycles. The monoisotopic (exact) mass is 481 g/mol. The Balaban J connectivity index is 1.69. The van der Waals surface area contributed by atoms with Crippen molar-refractivity contribution in [3.05, 3.63) is 77.6 Å². The van der Waals surface area contributed by atoms with Crippen LogP contribution in [-0.2, 0) is 11.3 Å². The summed E-state index contributed by atoms with van der Waals surface area (Å²) in [5.74, 6) is 1.12. The highest BCUT2D eigenvalue weighted by Crippen LogP contribution is 2.34. The number of nitrogens with zero attached hydrogens (tertiary/aromatic N) is 3. The van der Waals surface area contributed by atoms with Gasteiger partial charge in [0.15, 0.2) is 10.7 Å².